The Morgan fingerprint density at radius 2 is 1.92 bits per heavy atom. The van der Waals surface area contributed by atoms with Crippen molar-refractivity contribution in [3.05, 3.63) is 52.0 Å². The maximum atomic E-state index is 13.5. The van der Waals surface area contributed by atoms with Gasteiger partial charge in [0.05, 0.1) is 12.8 Å². The van der Waals surface area contributed by atoms with E-state index in [4.69, 9.17) is 4.74 Å². The molecule has 6 heteroatoms. The Morgan fingerprint density at radius 3 is 2.56 bits per heavy atom. The molecule has 25 heavy (non-hydrogen) atoms. The summed E-state index contributed by atoms with van der Waals surface area (Å²) in [6.45, 7) is 6.03. The smallest absolute Gasteiger partial charge is 0.268 e. The van der Waals surface area contributed by atoms with Crippen LogP contribution in [0.5, 0.6) is 5.75 Å². The highest BCUT2D eigenvalue weighted by molar-refractivity contribution is 9.10. The van der Waals surface area contributed by atoms with E-state index in [1.165, 1.54) is 11.4 Å². The lowest BCUT2D eigenvalue weighted by atomic mass is 10.0. The Labute approximate surface area is 158 Å². The minimum Gasteiger partial charge on any atom is -0.495 e. The van der Waals surface area contributed by atoms with Crippen LogP contribution in [-0.4, -0.2) is 21.6 Å². The molecule has 1 heterocycles. The Bertz CT molecular complexity index is 909. The van der Waals surface area contributed by atoms with Gasteiger partial charge in [-0.3, -0.25) is 4.31 Å². The fourth-order valence-corrected chi connectivity index (χ4v) is 5.59. The highest BCUT2D eigenvalue weighted by atomic mass is 79.9. The molecule has 2 aromatic rings. The number of fused-ring (bicyclic) bond motifs is 1. The van der Waals surface area contributed by atoms with Crippen LogP contribution in [0.1, 0.15) is 37.8 Å². The summed E-state index contributed by atoms with van der Waals surface area (Å²) >= 11 is 3.46. The van der Waals surface area contributed by atoms with E-state index in [1.54, 1.807) is 12.1 Å². The third-order valence-corrected chi connectivity index (χ3v) is 7.03. The molecule has 0 saturated heterocycles. The van der Waals surface area contributed by atoms with E-state index < -0.39 is 10.0 Å². The normalized spacial score (nSPS) is 17.0. The van der Waals surface area contributed by atoms with Gasteiger partial charge in [0.1, 0.15) is 10.6 Å². The van der Waals surface area contributed by atoms with Gasteiger partial charge in [0, 0.05) is 10.5 Å². The van der Waals surface area contributed by atoms with Gasteiger partial charge in [-0.25, -0.2) is 8.42 Å². The molecular formula is C19H22BrNO3S. The summed E-state index contributed by atoms with van der Waals surface area (Å²) in [7, 11) is -2.22. The van der Waals surface area contributed by atoms with Gasteiger partial charge in [0.15, 0.2) is 0 Å². The number of hydrogen-bond donors (Lipinski definition) is 0. The zero-order valence-electron chi connectivity index (χ0n) is 14.8. The van der Waals surface area contributed by atoms with E-state index in [0.717, 1.165) is 21.3 Å². The summed E-state index contributed by atoms with van der Waals surface area (Å²) in [6, 6.07) is 11.0. The van der Waals surface area contributed by atoms with Crippen LogP contribution >= 0.6 is 15.9 Å². The first kappa shape index (κ1) is 18.3. The third kappa shape index (κ3) is 3.17. The molecule has 4 nitrogen and oxygen atoms in total. The van der Waals surface area contributed by atoms with E-state index in [9.17, 15) is 8.42 Å². The van der Waals surface area contributed by atoms with Gasteiger partial charge in [-0.05, 0) is 60.7 Å². The van der Waals surface area contributed by atoms with Gasteiger partial charge in [-0.1, -0.05) is 35.8 Å². The number of benzene rings is 2. The molecular weight excluding hydrogens is 402 g/mol. The zero-order chi connectivity index (χ0) is 18.4. The van der Waals surface area contributed by atoms with Crippen molar-refractivity contribution in [3.8, 4) is 5.75 Å². The molecule has 1 aliphatic rings. The first-order valence-corrected chi connectivity index (χ1v) is 10.5. The van der Waals surface area contributed by atoms with Crippen molar-refractivity contribution in [2.45, 2.75) is 44.0 Å². The molecule has 0 amide bonds. The van der Waals surface area contributed by atoms with Crippen molar-refractivity contribution >= 4 is 31.6 Å². The average molecular weight is 424 g/mol. The molecule has 0 bridgehead atoms. The van der Waals surface area contributed by atoms with Crippen molar-refractivity contribution < 1.29 is 13.2 Å². The SMILES string of the molecule is COc1ccc(C(C)C)cc1S(=O)(=O)N1c2ccc(Br)cc2CC1C. The minimum absolute atomic E-state index is 0.137. The number of halogens is 1. The van der Waals surface area contributed by atoms with Gasteiger partial charge in [-0.2, -0.15) is 0 Å². The van der Waals surface area contributed by atoms with E-state index in [1.807, 2.05) is 45.0 Å². The van der Waals surface area contributed by atoms with Gasteiger partial charge in [-0.15, -0.1) is 0 Å². The van der Waals surface area contributed by atoms with E-state index in [0.29, 0.717) is 12.2 Å². The molecule has 2 aromatic carbocycles. The van der Waals surface area contributed by atoms with Crippen LogP contribution in [0, 0.1) is 0 Å². The summed E-state index contributed by atoms with van der Waals surface area (Å²) in [5.41, 5.74) is 2.75. The molecule has 0 aliphatic carbocycles. The molecule has 1 atom stereocenters. The second kappa shape index (κ2) is 6.65. The predicted octanol–water partition coefficient (Wildman–Crippen LogP) is 4.72. The third-order valence-electron chi connectivity index (χ3n) is 4.59. The van der Waals surface area contributed by atoms with Crippen molar-refractivity contribution in [1.82, 2.24) is 0 Å². The van der Waals surface area contributed by atoms with Crippen LogP contribution in [0.15, 0.2) is 45.8 Å². The van der Waals surface area contributed by atoms with Gasteiger partial charge >= 0.3 is 0 Å². The van der Waals surface area contributed by atoms with Crippen LogP contribution in [0.3, 0.4) is 0 Å². The van der Waals surface area contributed by atoms with Crippen molar-refractivity contribution in [2.24, 2.45) is 0 Å². The molecule has 0 fully saturated rings. The Balaban J connectivity index is 2.16. The number of nitrogens with zero attached hydrogens (tertiary/aromatic N) is 1. The first-order chi connectivity index (χ1) is 11.8. The molecule has 3 rings (SSSR count). The van der Waals surface area contributed by atoms with Gasteiger partial charge < -0.3 is 4.74 Å². The molecule has 1 aliphatic heterocycles. The van der Waals surface area contributed by atoms with Gasteiger partial charge in [0.25, 0.3) is 10.0 Å². The minimum atomic E-state index is -3.72. The van der Waals surface area contributed by atoms with Gasteiger partial charge in [0.2, 0.25) is 0 Å². The van der Waals surface area contributed by atoms with Crippen LogP contribution < -0.4 is 9.04 Å². The number of hydrogen-bond acceptors (Lipinski definition) is 3. The molecule has 0 N–H and O–H groups in total. The lowest BCUT2D eigenvalue weighted by Gasteiger charge is -2.26. The highest BCUT2D eigenvalue weighted by Crippen LogP contribution is 2.40. The molecule has 0 aromatic heterocycles. The Kier molecular flexibility index (Phi) is 4.86. The largest absolute Gasteiger partial charge is 0.495 e. The number of sulfonamides is 1. The zero-order valence-corrected chi connectivity index (χ0v) is 17.2. The van der Waals surface area contributed by atoms with Crippen molar-refractivity contribution in [1.29, 1.82) is 0 Å². The summed E-state index contributed by atoms with van der Waals surface area (Å²) in [4.78, 5) is 0.226. The number of anilines is 1. The summed E-state index contributed by atoms with van der Waals surface area (Å²) in [6.07, 6.45) is 0.695. The summed E-state index contributed by atoms with van der Waals surface area (Å²) in [5, 5.41) is 0. The van der Waals surface area contributed by atoms with E-state index in [-0.39, 0.29) is 16.9 Å². The van der Waals surface area contributed by atoms with Crippen LogP contribution in [-0.2, 0) is 16.4 Å². The maximum Gasteiger partial charge on any atom is 0.268 e. The first-order valence-electron chi connectivity index (χ1n) is 8.26. The lowest BCUT2D eigenvalue weighted by Crippen LogP contribution is -2.36. The monoisotopic (exact) mass is 423 g/mol. The Morgan fingerprint density at radius 1 is 1.20 bits per heavy atom. The number of methoxy groups -OCH3 is 1. The molecule has 0 saturated carbocycles. The summed E-state index contributed by atoms with van der Waals surface area (Å²) in [5.74, 6) is 0.612. The van der Waals surface area contributed by atoms with Crippen LogP contribution in [0.4, 0.5) is 5.69 Å². The standard InChI is InChI=1S/C19H22BrNO3S/c1-12(2)14-5-8-18(24-4)19(11-14)25(22,23)21-13(3)9-15-10-16(20)6-7-17(15)21/h5-8,10-13H,9H2,1-4H3. The number of rotatable bonds is 4. The second-order valence-corrected chi connectivity index (χ2v) is 9.39. The highest BCUT2D eigenvalue weighted by Gasteiger charge is 2.37. The molecule has 0 spiro atoms. The topological polar surface area (TPSA) is 46.6 Å². The summed E-state index contributed by atoms with van der Waals surface area (Å²) < 4.78 is 34.8. The van der Waals surface area contributed by atoms with Crippen molar-refractivity contribution in [3.63, 3.8) is 0 Å². The van der Waals surface area contributed by atoms with Crippen molar-refractivity contribution in [2.75, 3.05) is 11.4 Å². The molecule has 0 radical (unpaired) electrons. The average Bonchev–Trinajstić information content (AvgIpc) is 2.89. The number of ether oxygens (including phenoxy) is 1. The van der Waals surface area contributed by atoms with E-state index in [2.05, 4.69) is 15.9 Å². The lowest BCUT2D eigenvalue weighted by molar-refractivity contribution is 0.402. The molecule has 134 valence electrons. The van der Waals surface area contributed by atoms with Crippen LogP contribution in [0.25, 0.3) is 0 Å². The second-order valence-electron chi connectivity index (χ2n) is 6.69. The Hall–Kier alpha value is -1.53. The predicted molar refractivity (Wildman–Crippen MR) is 104 cm³/mol. The fourth-order valence-electron chi connectivity index (χ4n) is 3.30. The van der Waals surface area contributed by atoms with Crippen LogP contribution in [0.2, 0.25) is 0 Å². The van der Waals surface area contributed by atoms with E-state index >= 15 is 0 Å². The maximum absolute atomic E-state index is 13.5. The molecule has 1 unspecified atom stereocenters. The fraction of sp³-hybridized carbons (Fsp3) is 0.368. The quantitative estimate of drug-likeness (QED) is 0.714.